The monoisotopic (exact) mass is 377 g/mol. The third-order valence-corrected chi connectivity index (χ3v) is 3.86. The van der Waals surface area contributed by atoms with Crippen LogP contribution in [0, 0.1) is 0 Å². The molecule has 0 aliphatic carbocycles. The Kier molecular flexibility index (Phi) is 7.95. The first-order valence-electron chi connectivity index (χ1n) is 6.41. The van der Waals surface area contributed by atoms with Crippen LogP contribution >= 0.6 is 31.9 Å². The number of hydrogen-bond donors (Lipinski definition) is 1. The second-order valence-corrected chi connectivity index (χ2v) is 6.09. The van der Waals surface area contributed by atoms with Crippen LogP contribution < -0.4 is 10.1 Å². The van der Waals surface area contributed by atoms with Gasteiger partial charge in [0.1, 0.15) is 5.75 Å². The zero-order valence-electron chi connectivity index (χ0n) is 11.1. The van der Waals surface area contributed by atoms with Gasteiger partial charge in [-0.3, -0.25) is 0 Å². The first-order chi connectivity index (χ1) is 8.69. The van der Waals surface area contributed by atoms with Crippen molar-refractivity contribution in [2.75, 3.05) is 13.7 Å². The van der Waals surface area contributed by atoms with Gasteiger partial charge in [-0.1, -0.05) is 42.1 Å². The van der Waals surface area contributed by atoms with E-state index in [2.05, 4.69) is 50.2 Å². The van der Waals surface area contributed by atoms with Crippen molar-refractivity contribution in [2.45, 2.75) is 39.2 Å². The van der Waals surface area contributed by atoms with Crippen molar-refractivity contribution in [1.82, 2.24) is 5.32 Å². The van der Waals surface area contributed by atoms with Crippen LogP contribution in [-0.2, 0) is 6.54 Å². The van der Waals surface area contributed by atoms with Crippen molar-refractivity contribution in [1.29, 1.82) is 0 Å². The van der Waals surface area contributed by atoms with E-state index in [0.29, 0.717) is 0 Å². The quantitative estimate of drug-likeness (QED) is 0.650. The van der Waals surface area contributed by atoms with Crippen molar-refractivity contribution < 1.29 is 4.74 Å². The summed E-state index contributed by atoms with van der Waals surface area (Å²) in [6.45, 7) is 4.14. The highest BCUT2D eigenvalue weighted by Gasteiger charge is 2.08. The van der Waals surface area contributed by atoms with E-state index >= 15 is 0 Å². The van der Waals surface area contributed by atoms with Gasteiger partial charge in [-0.25, -0.2) is 0 Å². The molecule has 0 radical (unpaired) electrons. The molecule has 1 aromatic rings. The van der Waals surface area contributed by atoms with Crippen LogP contribution in [0.25, 0.3) is 0 Å². The normalized spacial score (nSPS) is 10.7. The third kappa shape index (κ3) is 5.29. The highest BCUT2D eigenvalue weighted by molar-refractivity contribution is 9.11. The molecular formula is C14H21Br2NO. The molecule has 0 saturated heterocycles. The molecule has 0 aromatic heterocycles. The molecule has 0 spiro atoms. The Morgan fingerprint density at radius 2 is 1.94 bits per heavy atom. The highest BCUT2D eigenvalue weighted by atomic mass is 79.9. The lowest BCUT2D eigenvalue weighted by molar-refractivity contribution is 0.404. The molecule has 0 saturated carbocycles. The summed E-state index contributed by atoms with van der Waals surface area (Å²) >= 11 is 7.02. The summed E-state index contributed by atoms with van der Waals surface area (Å²) in [7, 11) is 1.71. The number of hydrogen-bond acceptors (Lipinski definition) is 2. The maximum Gasteiger partial charge on any atom is 0.137 e. The summed E-state index contributed by atoms with van der Waals surface area (Å²) in [5.41, 5.74) is 1.18. The lowest BCUT2D eigenvalue weighted by Gasteiger charge is -2.12. The number of nitrogens with one attached hydrogen (secondary N) is 1. The van der Waals surface area contributed by atoms with E-state index in [4.69, 9.17) is 4.74 Å². The standard InChI is InChI=1S/C14H21Br2NO/c1-3-4-5-6-7-17-10-11-8-12(15)9-13(16)14(11)18-2/h8-9,17H,3-7,10H2,1-2H3. The molecule has 0 atom stereocenters. The van der Waals surface area contributed by atoms with Crippen LogP contribution in [-0.4, -0.2) is 13.7 Å². The van der Waals surface area contributed by atoms with Crippen LogP contribution in [0.2, 0.25) is 0 Å². The van der Waals surface area contributed by atoms with E-state index in [1.807, 2.05) is 6.07 Å². The van der Waals surface area contributed by atoms with Gasteiger partial charge in [-0.2, -0.15) is 0 Å². The van der Waals surface area contributed by atoms with Gasteiger partial charge in [0.15, 0.2) is 0 Å². The minimum absolute atomic E-state index is 0.841. The maximum atomic E-state index is 5.42. The lowest BCUT2D eigenvalue weighted by atomic mass is 10.2. The van der Waals surface area contributed by atoms with Crippen LogP contribution in [0.5, 0.6) is 5.75 Å². The number of halogens is 2. The molecule has 0 aliphatic heterocycles. The first kappa shape index (κ1) is 16.0. The Hall–Kier alpha value is -0.0600. The highest BCUT2D eigenvalue weighted by Crippen LogP contribution is 2.32. The van der Waals surface area contributed by atoms with Crippen molar-refractivity contribution in [3.8, 4) is 5.75 Å². The van der Waals surface area contributed by atoms with Gasteiger partial charge in [0.05, 0.1) is 11.6 Å². The third-order valence-electron chi connectivity index (χ3n) is 2.81. The molecule has 4 heteroatoms. The van der Waals surface area contributed by atoms with E-state index in [-0.39, 0.29) is 0 Å². The van der Waals surface area contributed by atoms with E-state index in [9.17, 15) is 0 Å². The van der Waals surface area contributed by atoms with Gasteiger partial charge in [-0.15, -0.1) is 0 Å². The summed E-state index contributed by atoms with van der Waals surface area (Å²) in [6, 6.07) is 4.10. The fraction of sp³-hybridized carbons (Fsp3) is 0.571. The largest absolute Gasteiger partial charge is 0.495 e. The van der Waals surface area contributed by atoms with E-state index < -0.39 is 0 Å². The number of benzene rings is 1. The molecule has 18 heavy (non-hydrogen) atoms. The number of methoxy groups -OCH3 is 1. The minimum Gasteiger partial charge on any atom is -0.495 e. The minimum atomic E-state index is 0.841. The Labute approximate surface area is 127 Å². The second-order valence-electron chi connectivity index (χ2n) is 4.32. The number of ether oxygens (including phenoxy) is 1. The summed E-state index contributed by atoms with van der Waals surface area (Å²) < 4.78 is 7.47. The van der Waals surface area contributed by atoms with Crippen molar-refractivity contribution >= 4 is 31.9 Å². The molecule has 1 N–H and O–H groups in total. The molecule has 1 aromatic carbocycles. The molecule has 0 heterocycles. The van der Waals surface area contributed by atoms with E-state index in [1.165, 1.54) is 31.2 Å². The molecule has 0 unspecified atom stereocenters. The van der Waals surface area contributed by atoms with Crippen molar-refractivity contribution in [2.24, 2.45) is 0 Å². The zero-order chi connectivity index (χ0) is 13.4. The fourth-order valence-corrected chi connectivity index (χ4v) is 3.35. The summed E-state index contributed by atoms with van der Waals surface area (Å²) in [6.07, 6.45) is 5.16. The number of unbranched alkanes of at least 4 members (excludes halogenated alkanes) is 3. The zero-order valence-corrected chi connectivity index (χ0v) is 14.2. The molecule has 0 aliphatic rings. The van der Waals surface area contributed by atoms with Gasteiger partial charge >= 0.3 is 0 Å². The average molecular weight is 379 g/mol. The smallest absolute Gasteiger partial charge is 0.137 e. The van der Waals surface area contributed by atoms with Gasteiger partial charge in [0, 0.05) is 16.6 Å². The summed E-state index contributed by atoms with van der Waals surface area (Å²) in [4.78, 5) is 0. The Morgan fingerprint density at radius 3 is 2.61 bits per heavy atom. The topological polar surface area (TPSA) is 21.3 Å². The fourth-order valence-electron chi connectivity index (χ4n) is 1.87. The average Bonchev–Trinajstić information content (AvgIpc) is 2.33. The van der Waals surface area contributed by atoms with E-state index in [0.717, 1.165) is 27.8 Å². The van der Waals surface area contributed by atoms with Gasteiger partial charge < -0.3 is 10.1 Å². The van der Waals surface area contributed by atoms with Crippen LogP contribution in [0.15, 0.2) is 21.1 Å². The van der Waals surface area contributed by atoms with Crippen molar-refractivity contribution in [3.05, 3.63) is 26.6 Å². The van der Waals surface area contributed by atoms with Gasteiger partial charge in [0.25, 0.3) is 0 Å². The molecule has 0 bridgehead atoms. The van der Waals surface area contributed by atoms with Crippen LogP contribution in [0.4, 0.5) is 0 Å². The molecule has 2 nitrogen and oxygen atoms in total. The predicted molar refractivity (Wildman–Crippen MR) is 84.2 cm³/mol. The molecule has 102 valence electrons. The maximum absolute atomic E-state index is 5.42. The molecule has 1 rings (SSSR count). The van der Waals surface area contributed by atoms with Crippen LogP contribution in [0.1, 0.15) is 38.2 Å². The van der Waals surface area contributed by atoms with Crippen molar-refractivity contribution in [3.63, 3.8) is 0 Å². The molecule has 0 fully saturated rings. The number of rotatable bonds is 8. The Bertz CT molecular complexity index is 369. The molecular weight excluding hydrogens is 358 g/mol. The second kappa shape index (κ2) is 8.94. The van der Waals surface area contributed by atoms with Crippen LogP contribution in [0.3, 0.4) is 0 Å². The van der Waals surface area contributed by atoms with Gasteiger partial charge in [0.2, 0.25) is 0 Å². The van der Waals surface area contributed by atoms with E-state index in [1.54, 1.807) is 7.11 Å². The summed E-state index contributed by atoms with van der Waals surface area (Å²) in [5, 5.41) is 3.47. The Balaban J connectivity index is 2.46. The molecule has 0 amide bonds. The first-order valence-corrected chi connectivity index (χ1v) is 8.00. The Morgan fingerprint density at radius 1 is 1.17 bits per heavy atom. The summed E-state index contributed by atoms with van der Waals surface area (Å²) in [5.74, 6) is 0.916. The van der Waals surface area contributed by atoms with Gasteiger partial charge in [-0.05, 0) is 41.0 Å². The lowest BCUT2D eigenvalue weighted by Crippen LogP contribution is -2.15. The predicted octanol–water partition coefficient (Wildman–Crippen LogP) is 4.89. The SMILES string of the molecule is CCCCCCNCc1cc(Br)cc(Br)c1OC.